The molecular weight excluding hydrogens is 220 g/mol. The van der Waals surface area contributed by atoms with Crippen molar-refractivity contribution in [3.63, 3.8) is 0 Å². The number of hydrogen-bond acceptors (Lipinski definition) is 4. The van der Waals surface area contributed by atoms with Gasteiger partial charge in [-0.15, -0.1) is 0 Å². The molecular formula is C12H24N2O3. The summed E-state index contributed by atoms with van der Waals surface area (Å²) in [5.41, 5.74) is -0.452. The summed E-state index contributed by atoms with van der Waals surface area (Å²) in [7, 11) is 3.56. The molecule has 0 unspecified atom stereocenters. The number of ether oxygens (including phenoxy) is 2. The standard InChI is InChI=1S/C12H24N2O3/c1-12(2,3)17-11(15)14-7-6-9(13-4)10(14)8-16-5/h9-10,13H,6-8H2,1-5H3/t9-,10-/m1/s1. The van der Waals surface area contributed by atoms with Gasteiger partial charge in [-0.3, -0.25) is 0 Å². The zero-order chi connectivity index (χ0) is 13.1. The molecule has 0 aromatic rings. The van der Waals surface area contributed by atoms with Crippen molar-refractivity contribution in [2.24, 2.45) is 0 Å². The van der Waals surface area contributed by atoms with Crippen LogP contribution in [0.15, 0.2) is 0 Å². The molecule has 1 aliphatic rings. The van der Waals surface area contributed by atoms with Crippen molar-refractivity contribution in [2.45, 2.75) is 44.9 Å². The Hall–Kier alpha value is -0.810. The van der Waals surface area contributed by atoms with Crippen LogP contribution in [0.2, 0.25) is 0 Å². The summed E-state index contributed by atoms with van der Waals surface area (Å²) in [5.74, 6) is 0. The van der Waals surface area contributed by atoms with E-state index < -0.39 is 5.60 Å². The second kappa shape index (κ2) is 5.69. The quantitative estimate of drug-likeness (QED) is 0.811. The maximum Gasteiger partial charge on any atom is 0.410 e. The number of amides is 1. The summed E-state index contributed by atoms with van der Waals surface area (Å²) >= 11 is 0. The molecule has 1 saturated heterocycles. The number of likely N-dealkylation sites (tertiary alicyclic amines) is 1. The molecule has 0 spiro atoms. The highest BCUT2D eigenvalue weighted by Gasteiger charge is 2.38. The van der Waals surface area contributed by atoms with Crippen molar-refractivity contribution in [3.05, 3.63) is 0 Å². The molecule has 1 heterocycles. The molecule has 1 rings (SSSR count). The largest absolute Gasteiger partial charge is 0.444 e. The topological polar surface area (TPSA) is 50.8 Å². The summed E-state index contributed by atoms with van der Waals surface area (Å²) in [6.07, 6.45) is 0.682. The highest BCUT2D eigenvalue weighted by atomic mass is 16.6. The zero-order valence-corrected chi connectivity index (χ0v) is 11.4. The number of likely N-dealkylation sites (N-methyl/N-ethyl adjacent to an activating group) is 1. The van der Waals surface area contributed by atoms with Crippen LogP contribution in [0.5, 0.6) is 0 Å². The van der Waals surface area contributed by atoms with E-state index in [1.807, 2.05) is 27.8 Å². The Morgan fingerprint density at radius 2 is 2.12 bits per heavy atom. The van der Waals surface area contributed by atoms with E-state index in [9.17, 15) is 4.79 Å². The SMILES string of the molecule is CN[C@@H]1CCN(C(=O)OC(C)(C)C)[C@@H]1COC. The van der Waals surface area contributed by atoms with Gasteiger partial charge in [0.15, 0.2) is 0 Å². The Labute approximate surface area is 103 Å². The van der Waals surface area contributed by atoms with Gasteiger partial charge in [-0.25, -0.2) is 4.79 Å². The van der Waals surface area contributed by atoms with Crippen LogP contribution in [0.25, 0.3) is 0 Å². The van der Waals surface area contributed by atoms with Gasteiger partial charge in [-0.1, -0.05) is 0 Å². The third-order valence-electron chi connectivity index (χ3n) is 2.88. The number of hydrogen-bond donors (Lipinski definition) is 1. The van der Waals surface area contributed by atoms with E-state index in [2.05, 4.69) is 5.32 Å². The summed E-state index contributed by atoms with van der Waals surface area (Å²) in [6, 6.07) is 0.335. The number of nitrogens with zero attached hydrogens (tertiary/aromatic N) is 1. The second-order valence-electron chi connectivity index (χ2n) is 5.38. The first-order valence-corrected chi connectivity index (χ1v) is 6.05. The van der Waals surface area contributed by atoms with Gasteiger partial charge in [0.1, 0.15) is 5.60 Å². The fourth-order valence-electron chi connectivity index (χ4n) is 2.11. The maximum atomic E-state index is 12.0. The van der Waals surface area contributed by atoms with Crippen LogP contribution in [0, 0.1) is 0 Å². The fourth-order valence-corrected chi connectivity index (χ4v) is 2.11. The highest BCUT2D eigenvalue weighted by Crippen LogP contribution is 2.21. The van der Waals surface area contributed by atoms with Crippen LogP contribution in [-0.4, -0.2) is 56.0 Å². The molecule has 0 aliphatic carbocycles. The summed E-state index contributed by atoms with van der Waals surface area (Å²) in [4.78, 5) is 13.8. The van der Waals surface area contributed by atoms with Gasteiger partial charge in [0.25, 0.3) is 0 Å². The number of nitrogens with one attached hydrogen (secondary N) is 1. The van der Waals surface area contributed by atoms with Crippen LogP contribution in [0.1, 0.15) is 27.2 Å². The van der Waals surface area contributed by atoms with Crippen LogP contribution in [-0.2, 0) is 9.47 Å². The number of carbonyl (C=O) groups is 1. The van der Waals surface area contributed by atoms with Crippen molar-refractivity contribution >= 4 is 6.09 Å². The van der Waals surface area contributed by atoms with Crippen molar-refractivity contribution < 1.29 is 14.3 Å². The highest BCUT2D eigenvalue weighted by molar-refractivity contribution is 5.69. The van der Waals surface area contributed by atoms with E-state index in [0.717, 1.165) is 6.42 Å². The Bertz CT molecular complexity index is 263. The molecule has 5 heteroatoms. The molecule has 17 heavy (non-hydrogen) atoms. The molecule has 5 nitrogen and oxygen atoms in total. The number of rotatable bonds is 3. The van der Waals surface area contributed by atoms with Crippen LogP contribution in [0.4, 0.5) is 4.79 Å². The maximum absolute atomic E-state index is 12.0. The third kappa shape index (κ3) is 3.85. The predicted molar refractivity (Wildman–Crippen MR) is 66.1 cm³/mol. The second-order valence-corrected chi connectivity index (χ2v) is 5.38. The summed E-state index contributed by atoms with van der Waals surface area (Å²) < 4.78 is 10.6. The number of carbonyl (C=O) groups excluding carboxylic acids is 1. The molecule has 0 aromatic heterocycles. The van der Waals surface area contributed by atoms with Crippen LogP contribution >= 0.6 is 0 Å². The summed E-state index contributed by atoms with van der Waals surface area (Å²) in [6.45, 7) is 6.88. The molecule has 1 fully saturated rings. The normalized spacial score (nSPS) is 25.1. The van der Waals surface area contributed by atoms with Crippen LogP contribution in [0.3, 0.4) is 0 Å². The average molecular weight is 244 g/mol. The molecule has 0 radical (unpaired) electrons. The van der Waals surface area contributed by atoms with Crippen molar-refractivity contribution in [3.8, 4) is 0 Å². The molecule has 0 aromatic carbocycles. The average Bonchev–Trinajstić information content (AvgIpc) is 2.59. The van der Waals surface area contributed by atoms with E-state index in [1.54, 1.807) is 12.0 Å². The molecule has 1 N–H and O–H groups in total. The van der Waals surface area contributed by atoms with Gasteiger partial charge in [-0.2, -0.15) is 0 Å². The minimum atomic E-state index is -0.452. The monoisotopic (exact) mass is 244 g/mol. The van der Waals surface area contributed by atoms with Crippen molar-refractivity contribution in [1.29, 1.82) is 0 Å². The van der Waals surface area contributed by atoms with E-state index in [-0.39, 0.29) is 18.2 Å². The van der Waals surface area contributed by atoms with Gasteiger partial charge in [0.05, 0.1) is 12.6 Å². The van der Waals surface area contributed by atoms with Gasteiger partial charge in [-0.05, 0) is 34.2 Å². The van der Waals surface area contributed by atoms with Gasteiger partial charge in [0.2, 0.25) is 0 Å². The molecule has 0 bridgehead atoms. The van der Waals surface area contributed by atoms with Crippen LogP contribution < -0.4 is 5.32 Å². The van der Waals surface area contributed by atoms with Crippen molar-refractivity contribution in [1.82, 2.24) is 10.2 Å². The third-order valence-corrected chi connectivity index (χ3v) is 2.88. The van der Waals surface area contributed by atoms with Gasteiger partial charge < -0.3 is 19.7 Å². The minimum absolute atomic E-state index is 0.0554. The first-order chi connectivity index (χ1) is 7.89. The molecule has 1 amide bonds. The smallest absolute Gasteiger partial charge is 0.410 e. The van der Waals surface area contributed by atoms with E-state index in [4.69, 9.17) is 9.47 Å². The lowest BCUT2D eigenvalue weighted by molar-refractivity contribution is 0.0130. The fraction of sp³-hybridized carbons (Fsp3) is 0.917. The molecule has 2 atom stereocenters. The van der Waals surface area contributed by atoms with Crippen molar-refractivity contribution in [2.75, 3.05) is 27.3 Å². The Morgan fingerprint density at radius 1 is 1.47 bits per heavy atom. The Balaban J connectivity index is 2.66. The Kier molecular flexibility index (Phi) is 4.77. The minimum Gasteiger partial charge on any atom is -0.444 e. The predicted octanol–water partition coefficient (Wildman–Crippen LogP) is 1.23. The van der Waals surface area contributed by atoms with E-state index in [0.29, 0.717) is 13.2 Å². The summed E-state index contributed by atoms with van der Waals surface area (Å²) in [5, 5.41) is 3.22. The lowest BCUT2D eigenvalue weighted by atomic mass is 10.1. The van der Waals surface area contributed by atoms with Gasteiger partial charge >= 0.3 is 6.09 Å². The molecule has 1 aliphatic heterocycles. The lowest BCUT2D eigenvalue weighted by Gasteiger charge is -2.30. The van der Waals surface area contributed by atoms with E-state index >= 15 is 0 Å². The zero-order valence-electron chi connectivity index (χ0n) is 11.4. The number of methoxy groups -OCH3 is 1. The molecule has 100 valence electrons. The lowest BCUT2D eigenvalue weighted by Crippen LogP contribution is -2.48. The first kappa shape index (κ1) is 14.3. The first-order valence-electron chi connectivity index (χ1n) is 6.05. The van der Waals surface area contributed by atoms with E-state index in [1.165, 1.54) is 0 Å². The Morgan fingerprint density at radius 3 is 2.59 bits per heavy atom. The molecule has 0 saturated carbocycles. The van der Waals surface area contributed by atoms with Gasteiger partial charge in [0, 0.05) is 19.7 Å².